The molecular weight excluding hydrogens is 424 g/mol. The molecule has 2 heteroatoms. The highest BCUT2D eigenvalue weighted by Crippen LogP contribution is 2.30. The largest absolute Gasteiger partial charge is 0.376 e. The van der Waals surface area contributed by atoms with Gasteiger partial charge >= 0.3 is 0 Å². The van der Waals surface area contributed by atoms with E-state index in [9.17, 15) is 0 Å². The van der Waals surface area contributed by atoms with Gasteiger partial charge < -0.3 is 5.32 Å². The van der Waals surface area contributed by atoms with Crippen molar-refractivity contribution in [3.8, 4) is 11.3 Å². The van der Waals surface area contributed by atoms with Crippen LogP contribution in [0.1, 0.15) is 75.9 Å². The van der Waals surface area contributed by atoms with E-state index >= 15 is 0 Å². The molecule has 0 aliphatic rings. The predicted octanol–water partition coefficient (Wildman–Crippen LogP) is 8.97. The molecule has 35 heavy (non-hydrogen) atoms. The van der Waals surface area contributed by atoms with Gasteiger partial charge in [-0.25, -0.2) is 0 Å². The number of allylic oxidation sites excluding steroid dienone is 4. The first-order valence-electron chi connectivity index (χ1n) is 13.0. The predicted molar refractivity (Wildman–Crippen MR) is 151 cm³/mol. The van der Waals surface area contributed by atoms with E-state index in [0.717, 1.165) is 24.2 Å². The molecule has 0 amide bonds. The van der Waals surface area contributed by atoms with Gasteiger partial charge in [0, 0.05) is 11.3 Å². The second-order valence-electron chi connectivity index (χ2n) is 10.2. The fourth-order valence-corrected chi connectivity index (χ4v) is 4.67. The van der Waals surface area contributed by atoms with Crippen LogP contribution < -0.4 is 5.32 Å². The molecule has 0 radical (unpaired) electrons. The van der Waals surface area contributed by atoms with Gasteiger partial charge in [-0.15, -0.1) is 0 Å². The minimum atomic E-state index is -0.0277. The highest BCUT2D eigenvalue weighted by Gasteiger charge is 2.21. The second kappa shape index (κ2) is 12.5. The monoisotopic (exact) mass is 466 g/mol. The number of nitrogens with zero attached hydrogens (tertiary/aromatic N) is 1. The summed E-state index contributed by atoms with van der Waals surface area (Å²) in [4.78, 5) is 5.20. The summed E-state index contributed by atoms with van der Waals surface area (Å²) in [6.45, 7) is 15.6. The van der Waals surface area contributed by atoms with Crippen LogP contribution in [0.5, 0.6) is 0 Å². The SMILES string of the molecule is C/C=C\C(=C(/CC(C)C)NC(c1ccccc1)c1cccc(-c2cc(C)cc(C)c2)n1)C(C)CC. The van der Waals surface area contributed by atoms with Crippen molar-refractivity contribution in [2.75, 3.05) is 0 Å². The highest BCUT2D eigenvalue weighted by atomic mass is 15.0. The Bertz CT molecular complexity index is 1130. The minimum absolute atomic E-state index is 0.0277. The molecule has 2 atom stereocenters. The number of aryl methyl sites for hydroxylation is 2. The van der Waals surface area contributed by atoms with E-state index in [1.54, 1.807) is 0 Å². The fourth-order valence-electron chi connectivity index (χ4n) is 4.67. The minimum Gasteiger partial charge on any atom is -0.376 e. The molecular formula is C33H42N2. The Labute approximate surface area is 213 Å². The van der Waals surface area contributed by atoms with Gasteiger partial charge in [-0.2, -0.15) is 0 Å². The van der Waals surface area contributed by atoms with Crippen LogP contribution in [0.15, 0.2) is 90.2 Å². The van der Waals surface area contributed by atoms with E-state index in [1.165, 1.54) is 33.5 Å². The summed E-state index contributed by atoms with van der Waals surface area (Å²) in [5.74, 6) is 1.03. The van der Waals surface area contributed by atoms with Crippen molar-refractivity contribution in [3.05, 3.63) is 113 Å². The van der Waals surface area contributed by atoms with Crippen molar-refractivity contribution in [3.63, 3.8) is 0 Å². The van der Waals surface area contributed by atoms with Crippen LogP contribution >= 0.6 is 0 Å². The van der Waals surface area contributed by atoms with E-state index in [-0.39, 0.29) is 6.04 Å². The maximum atomic E-state index is 5.20. The third-order valence-electron chi connectivity index (χ3n) is 6.49. The molecule has 3 aromatic rings. The van der Waals surface area contributed by atoms with Crippen molar-refractivity contribution < 1.29 is 0 Å². The Kier molecular flexibility index (Phi) is 9.48. The van der Waals surface area contributed by atoms with Crippen molar-refractivity contribution in [2.45, 2.75) is 67.3 Å². The molecule has 3 rings (SSSR count). The Morgan fingerprint density at radius 2 is 1.60 bits per heavy atom. The molecule has 2 aromatic carbocycles. The highest BCUT2D eigenvalue weighted by molar-refractivity contribution is 5.61. The van der Waals surface area contributed by atoms with Crippen LogP contribution in [0.2, 0.25) is 0 Å². The molecule has 1 heterocycles. The lowest BCUT2D eigenvalue weighted by molar-refractivity contribution is 0.547. The van der Waals surface area contributed by atoms with E-state index in [2.05, 4.69) is 133 Å². The van der Waals surface area contributed by atoms with Crippen LogP contribution in [0.4, 0.5) is 0 Å². The van der Waals surface area contributed by atoms with Crippen molar-refractivity contribution >= 4 is 0 Å². The lowest BCUT2D eigenvalue weighted by Crippen LogP contribution is -2.26. The molecule has 0 saturated carbocycles. The number of aromatic nitrogens is 1. The van der Waals surface area contributed by atoms with Gasteiger partial charge in [0.05, 0.1) is 17.4 Å². The fraction of sp³-hybridized carbons (Fsp3) is 0.364. The summed E-state index contributed by atoms with van der Waals surface area (Å²) in [5.41, 5.74) is 9.69. The molecule has 0 saturated heterocycles. The Balaban J connectivity index is 2.14. The normalized spacial score (nSPS) is 14.2. The van der Waals surface area contributed by atoms with Crippen LogP contribution in [0.25, 0.3) is 11.3 Å². The third-order valence-corrected chi connectivity index (χ3v) is 6.49. The van der Waals surface area contributed by atoms with Gasteiger partial charge in [-0.1, -0.05) is 93.4 Å². The summed E-state index contributed by atoms with van der Waals surface area (Å²) in [6.07, 6.45) is 6.57. The topological polar surface area (TPSA) is 24.9 Å². The number of benzene rings is 2. The summed E-state index contributed by atoms with van der Waals surface area (Å²) < 4.78 is 0. The molecule has 0 spiro atoms. The molecule has 1 aromatic heterocycles. The molecule has 0 aliphatic heterocycles. The first kappa shape index (κ1) is 26.5. The van der Waals surface area contributed by atoms with Gasteiger partial charge in [0.25, 0.3) is 0 Å². The Hall–Kier alpha value is -3.13. The Morgan fingerprint density at radius 3 is 2.20 bits per heavy atom. The summed E-state index contributed by atoms with van der Waals surface area (Å²) >= 11 is 0. The van der Waals surface area contributed by atoms with Crippen LogP contribution in [-0.2, 0) is 0 Å². The molecule has 184 valence electrons. The van der Waals surface area contributed by atoms with E-state index in [0.29, 0.717) is 11.8 Å². The zero-order valence-electron chi connectivity index (χ0n) is 22.6. The number of hydrogen-bond donors (Lipinski definition) is 1. The van der Waals surface area contributed by atoms with Crippen LogP contribution in [0, 0.1) is 25.7 Å². The van der Waals surface area contributed by atoms with Crippen molar-refractivity contribution in [1.29, 1.82) is 0 Å². The summed E-state index contributed by atoms with van der Waals surface area (Å²) in [6, 6.07) is 23.8. The smallest absolute Gasteiger partial charge is 0.0938 e. The summed E-state index contributed by atoms with van der Waals surface area (Å²) in [5, 5.41) is 3.99. The number of pyridine rings is 1. The average Bonchev–Trinajstić information content (AvgIpc) is 2.84. The number of nitrogens with one attached hydrogen (secondary N) is 1. The molecule has 2 unspecified atom stereocenters. The van der Waals surface area contributed by atoms with Crippen molar-refractivity contribution in [1.82, 2.24) is 10.3 Å². The van der Waals surface area contributed by atoms with Crippen LogP contribution in [-0.4, -0.2) is 4.98 Å². The van der Waals surface area contributed by atoms with E-state index < -0.39 is 0 Å². The average molecular weight is 467 g/mol. The number of hydrogen-bond acceptors (Lipinski definition) is 2. The molecule has 0 aliphatic carbocycles. The van der Waals surface area contributed by atoms with Gasteiger partial charge in [0.2, 0.25) is 0 Å². The first-order chi connectivity index (χ1) is 16.8. The number of rotatable bonds is 10. The quantitative estimate of drug-likeness (QED) is 0.302. The van der Waals surface area contributed by atoms with Gasteiger partial charge in [0.15, 0.2) is 0 Å². The van der Waals surface area contributed by atoms with Crippen molar-refractivity contribution in [2.24, 2.45) is 11.8 Å². The van der Waals surface area contributed by atoms with E-state index in [4.69, 9.17) is 4.98 Å². The molecule has 2 nitrogen and oxygen atoms in total. The lowest BCUT2D eigenvalue weighted by atomic mass is 9.91. The molecule has 1 N–H and O–H groups in total. The maximum absolute atomic E-state index is 5.20. The standard InChI is InChI=1S/C33H42N2/c1-8-14-29(26(7)9-2)32(19-23(3)4)35-33(27-15-11-10-12-16-27)31-18-13-17-30(34-31)28-21-24(5)20-25(6)22-28/h8,10-18,20-23,26,33,35H,9,19H2,1-7H3/b14-8-,32-29-. The molecule has 0 bridgehead atoms. The lowest BCUT2D eigenvalue weighted by Gasteiger charge is -2.27. The zero-order valence-corrected chi connectivity index (χ0v) is 22.6. The van der Waals surface area contributed by atoms with Gasteiger partial charge in [-0.3, -0.25) is 4.98 Å². The summed E-state index contributed by atoms with van der Waals surface area (Å²) in [7, 11) is 0. The van der Waals surface area contributed by atoms with Gasteiger partial charge in [0.1, 0.15) is 0 Å². The second-order valence-corrected chi connectivity index (χ2v) is 10.2. The Morgan fingerprint density at radius 1 is 0.914 bits per heavy atom. The first-order valence-corrected chi connectivity index (χ1v) is 13.0. The third kappa shape index (κ3) is 7.18. The van der Waals surface area contributed by atoms with E-state index in [1.807, 2.05) is 0 Å². The molecule has 0 fully saturated rings. The van der Waals surface area contributed by atoms with Gasteiger partial charge in [-0.05, 0) is 80.9 Å². The van der Waals surface area contributed by atoms with Crippen LogP contribution in [0.3, 0.4) is 0 Å². The maximum Gasteiger partial charge on any atom is 0.0938 e. The zero-order chi connectivity index (χ0) is 25.4.